The van der Waals surface area contributed by atoms with Crippen LogP contribution in [0.4, 0.5) is 4.39 Å². The Morgan fingerprint density at radius 1 is 1.28 bits per heavy atom. The Bertz CT molecular complexity index is 561. The Kier molecular flexibility index (Phi) is 3.04. The van der Waals surface area contributed by atoms with E-state index in [0.717, 1.165) is 18.7 Å². The molecule has 3 nitrogen and oxygen atoms in total. The summed E-state index contributed by atoms with van der Waals surface area (Å²) >= 11 is 6.00. The lowest BCUT2D eigenvalue weighted by molar-refractivity contribution is 0.628. The molecule has 1 aromatic heterocycles. The monoisotopic (exact) mass is 265 g/mol. The molecule has 0 unspecified atom stereocenters. The van der Waals surface area contributed by atoms with E-state index in [4.69, 9.17) is 11.6 Å². The number of hydrogen-bond donors (Lipinski definition) is 1. The van der Waals surface area contributed by atoms with Gasteiger partial charge in [-0.05, 0) is 31.0 Å². The zero-order chi connectivity index (χ0) is 12.5. The predicted octanol–water partition coefficient (Wildman–Crippen LogP) is 3.92. The van der Waals surface area contributed by atoms with Crippen LogP contribution in [0.2, 0.25) is 5.02 Å². The molecular weight excluding hydrogens is 253 g/mol. The van der Waals surface area contributed by atoms with Crippen molar-refractivity contribution in [2.24, 2.45) is 0 Å². The number of aromatic amines is 1. The highest BCUT2D eigenvalue weighted by Gasteiger charge is 2.21. The van der Waals surface area contributed by atoms with Gasteiger partial charge in [-0.1, -0.05) is 24.4 Å². The van der Waals surface area contributed by atoms with E-state index in [1.165, 1.54) is 25.0 Å². The fourth-order valence-electron chi connectivity index (χ4n) is 2.45. The van der Waals surface area contributed by atoms with E-state index in [9.17, 15) is 4.39 Å². The van der Waals surface area contributed by atoms with Crippen LogP contribution in [0.5, 0.6) is 0 Å². The van der Waals surface area contributed by atoms with Gasteiger partial charge in [0.15, 0.2) is 5.82 Å². The van der Waals surface area contributed by atoms with E-state index in [2.05, 4.69) is 15.2 Å². The fourth-order valence-corrected chi connectivity index (χ4v) is 2.70. The molecule has 0 amide bonds. The van der Waals surface area contributed by atoms with Crippen LogP contribution in [-0.4, -0.2) is 15.2 Å². The molecule has 0 atom stereocenters. The first-order valence-electron chi connectivity index (χ1n) is 6.12. The summed E-state index contributed by atoms with van der Waals surface area (Å²) in [5.41, 5.74) is 0.665. The molecule has 94 valence electrons. The first kappa shape index (κ1) is 11.7. The van der Waals surface area contributed by atoms with Crippen molar-refractivity contribution >= 4 is 11.6 Å². The molecule has 1 aromatic carbocycles. The second kappa shape index (κ2) is 4.69. The molecule has 1 aliphatic rings. The molecule has 1 fully saturated rings. The van der Waals surface area contributed by atoms with Gasteiger partial charge in [0.05, 0.1) is 5.02 Å². The molecule has 0 bridgehead atoms. The molecule has 0 saturated heterocycles. The van der Waals surface area contributed by atoms with Gasteiger partial charge in [0.25, 0.3) is 0 Å². The van der Waals surface area contributed by atoms with Gasteiger partial charge < -0.3 is 0 Å². The van der Waals surface area contributed by atoms with Gasteiger partial charge in [0.1, 0.15) is 11.6 Å². The van der Waals surface area contributed by atoms with Gasteiger partial charge in [-0.15, -0.1) is 0 Å². The number of rotatable bonds is 2. The smallest absolute Gasteiger partial charge is 0.182 e. The lowest BCUT2D eigenvalue weighted by atomic mass is 10.1. The lowest BCUT2D eigenvalue weighted by Crippen LogP contribution is -1.94. The highest BCUT2D eigenvalue weighted by Crippen LogP contribution is 2.33. The Balaban J connectivity index is 1.92. The average molecular weight is 266 g/mol. The molecule has 18 heavy (non-hydrogen) atoms. The molecule has 0 spiro atoms. The molecule has 2 aromatic rings. The summed E-state index contributed by atoms with van der Waals surface area (Å²) in [6.07, 6.45) is 4.81. The second-order valence-electron chi connectivity index (χ2n) is 4.65. The lowest BCUT2D eigenvalue weighted by Gasteiger charge is -2.02. The van der Waals surface area contributed by atoms with Gasteiger partial charge in [-0.3, -0.25) is 5.10 Å². The number of benzene rings is 1. The first-order chi connectivity index (χ1) is 8.74. The van der Waals surface area contributed by atoms with E-state index in [0.29, 0.717) is 22.3 Å². The normalized spacial score (nSPS) is 16.3. The summed E-state index contributed by atoms with van der Waals surface area (Å²) in [4.78, 5) is 4.48. The quantitative estimate of drug-likeness (QED) is 0.894. The summed E-state index contributed by atoms with van der Waals surface area (Å²) in [6.45, 7) is 0. The maximum atomic E-state index is 13.0. The van der Waals surface area contributed by atoms with Crippen LogP contribution in [-0.2, 0) is 0 Å². The molecular formula is C13H13ClFN3. The molecule has 1 N–H and O–H groups in total. The Morgan fingerprint density at radius 2 is 2.06 bits per heavy atom. The number of H-pyrrole nitrogens is 1. The average Bonchev–Trinajstić information content (AvgIpc) is 2.99. The molecule has 0 aliphatic heterocycles. The van der Waals surface area contributed by atoms with Gasteiger partial charge in [-0.25, -0.2) is 9.37 Å². The zero-order valence-electron chi connectivity index (χ0n) is 9.79. The summed E-state index contributed by atoms with van der Waals surface area (Å²) in [6, 6.07) is 4.26. The summed E-state index contributed by atoms with van der Waals surface area (Å²) < 4.78 is 13.0. The highest BCUT2D eigenvalue weighted by molar-refractivity contribution is 6.33. The predicted molar refractivity (Wildman–Crippen MR) is 68.0 cm³/mol. The maximum absolute atomic E-state index is 13.0. The van der Waals surface area contributed by atoms with E-state index in [1.807, 2.05) is 0 Å². The van der Waals surface area contributed by atoms with E-state index < -0.39 is 0 Å². The van der Waals surface area contributed by atoms with Crippen molar-refractivity contribution in [2.45, 2.75) is 31.6 Å². The van der Waals surface area contributed by atoms with Crippen LogP contribution in [0.25, 0.3) is 11.4 Å². The van der Waals surface area contributed by atoms with E-state index in [-0.39, 0.29) is 5.82 Å². The van der Waals surface area contributed by atoms with Crippen LogP contribution in [0.3, 0.4) is 0 Å². The molecule has 5 heteroatoms. The van der Waals surface area contributed by atoms with Crippen LogP contribution < -0.4 is 0 Å². The van der Waals surface area contributed by atoms with Crippen molar-refractivity contribution in [3.05, 3.63) is 34.9 Å². The van der Waals surface area contributed by atoms with Gasteiger partial charge in [0.2, 0.25) is 0 Å². The van der Waals surface area contributed by atoms with Crippen molar-refractivity contribution in [3.63, 3.8) is 0 Å². The van der Waals surface area contributed by atoms with Crippen molar-refractivity contribution in [2.75, 3.05) is 0 Å². The van der Waals surface area contributed by atoms with Gasteiger partial charge >= 0.3 is 0 Å². The Hall–Kier alpha value is -1.42. The Morgan fingerprint density at radius 3 is 2.78 bits per heavy atom. The zero-order valence-corrected chi connectivity index (χ0v) is 10.5. The molecule has 1 aliphatic carbocycles. The summed E-state index contributed by atoms with van der Waals surface area (Å²) in [5.74, 6) is 1.59. The fraction of sp³-hybridized carbons (Fsp3) is 0.385. The molecule has 0 radical (unpaired) electrons. The van der Waals surface area contributed by atoms with Crippen LogP contribution in [0.15, 0.2) is 18.2 Å². The van der Waals surface area contributed by atoms with Gasteiger partial charge in [0, 0.05) is 11.5 Å². The number of aromatic nitrogens is 3. The highest BCUT2D eigenvalue weighted by atomic mass is 35.5. The Labute approximate surface area is 109 Å². The van der Waals surface area contributed by atoms with Crippen molar-refractivity contribution in [1.29, 1.82) is 0 Å². The van der Waals surface area contributed by atoms with Crippen molar-refractivity contribution < 1.29 is 4.39 Å². The van der Waals surface area contributed by atoms with Crippen LogP contribution >= 0.6 is 11.6 Å². The van der Waals surface area contributed by atoms with E-state index in [1.54, 1.807) is 6.07 Å². The minimum Gasteiger partial charge on any atom is -0.262 e. The van der Waals surface area contributed by atoms with Crippen LogP contribution in [0.1, 0.15) is 37.4 Å². The molecule has 1 saturated carbocycles. The van der Waals surface area contributed by atoms with Crippen LogP contribution in [0, 0.1) is 5.82 Å². The third-order valence-electron chi connectivity index (χ3n) is 3.42. The number of hydrogen-bond acceptors (Lipinski definition) is 2. The third-order valence-corrected chi connectivity index (χ3v) is 3.73. The van der Waals surface area contributed by atoms with Crippen molar-refractivity contribution in [3.8, 4) is 11.4 Å². The van der Waals surface area contributed by atoms with Crippen molar-refractivity contribution in [1.82, 2.24) is 15.2 Å². The topological polar surface area (TPSA) is 41.6 Å². The number of nitrogens with zero attached hydrogens (tertiary/aromatic N) is 2. The van der Waals surface area contributed by atoms with E-state index >= 15 is 0 Å². The third kappa shape index (κ3) is 2.12. The number of halogens is 2. The standard InChI is InChI=1S/C13H13ClFN3/c14-11-7-9(15)5-6-10(11)13-16-12(17-18-13)8-3-1-2-4-8/h5-8H,1-4H2,(H,16,17,18). The largest absolute Gasteiger partial charge is 0.262 e. The number of nitrogens with one attached hydrogen (secondary N) is 1. The summed E-state index contributed by atoms with van der Waals surface area (Å²) in [5, 5.41) is 7.49. The molecule has 1 heterocycles. The first-order valence-corrected chi connectivity index (χ1v) is 6.49. The SMILES string of the molecule is Fc1ccc(-c2n[nH]c(C3CCCC3)n2)c(Cl)c1. The minimum atomic E-state index is -0.352. The minimum absolute atomic E-state index is 0.340. The van der Waals surface area contributed by atoms with Gasteiger partial charge in [-0.2, -0.15) is 5.10 Å². The summed E-state index contributed by atoms with van der Waals surface area (Å²) in [7, 11) is 0. The second-order valence-corrected chi connectivity index (χ2v) is 5.06. The maximum Gasteiger partial charge on any atom is 0.182 e. The molecule has 3 rings (SSSR count).